The summed E-state index contributed by atoms with van der Waals surface area (Å²) in [5.41, 5.74) is 0. The standard InChI is InChI=1S/C16H12O4/c1-2-19-15(17)10-11-16(18)20-14-9-5-7-12-6-3-4-8-13(12)14/h2-11H,1H2/b11-10-. The molecule has 0 aromatic heterocycles. The maximum Gasteiger partial charge on any atom is 0.336 e. The zero-order valence-corrected chi connectivity index (χ0v) is 10.6. The molecule has 0 aliphatic heterocycles. The molecule has 0 saturated heterocycles. The summed E-state index contributed by atoms with van der Waals surface area (Å²) in [6, 6.07) is 12.9. The third kappa shape index (κ3) is 3.32. The second kappa shape index (κ2) is 6.33. The average molecular weight is 268 g/mol. The fourth-order valence-electron chi connectivity index (χ4n) is 1.68. The van der Waals surface area contributed by atoms with Gasteiger partial charge in [0.15, 0.2) is 0 Å². The molecule has 2 aromatic rings. The Morgan fingerprint density at radius 3 is 2.45 bits per heavy atom. The van der Waals surface area contributed by atoms with Gasteiger partial charge in [0.2, 0.25) is 0 Å². The van der Waals surface area contributed by atoms with Crippen molar-refractivity contribution in [3.8, 4) is 5.75 Å². The van der Waals surface area contributed by atoms with E-state index in [4.69, 9.17) is 4.74 Å². The lowest BCUT2D eigenvalue weighted by atomic mass is 10.1. The molecular formula is C16H12O4. The molecule has 0 spiro atoms. The van der Waals surface area contributed by atoms with E-state index in [1.54, 1.807) is 12.1 Å². The summed E-state index contributed by atoms with van der Waals surface area (Å²) in [4.78, 5) is 22.6. The predicted molar refractivity (Wildman–Crippen MR) is 75.0 cm³/mol. The van der Waals surface area contributed by atoms with E-state index >= 15 is 0 Å². The summed E-state index contributed by atoms with van der Waals surface area (Å²) < 4.78 is 9.64. The quantitative estimate of drug-likeness (QED) is 0.370. The van der Waals surface area contributed by atoms with Crippen molar-refractivity contribution in [2.45, 2.75) is 0 Å². The molecule has 0 unspecified atom stereocenters. The molecule has 100 valence electrons. The SMILES string of the molecule is C=COC(=O)/C=C\C(=O)Oc1cccc2ccccc12. The lowest BCUT2D eigenvalue weighted by Gasteiger charge is -2.05. The molecule has 0 saturated carbocycles. The monoisotopic (exact) mass is 268 g/mol. The van der Waals surface area contributed by atoms with Crippen LogP contribution in [0.1, 0.15) is 0 Å². The van der Waals surface area contributed by atoms with Crippen LogP contribution in [0.2, 0.25) is 0 Å². The van der Waals surface area contributed by atoms with E-state index in [-0.39, 0.29) is 0 Å². The molecule has 0 bridgehead atoms. The molecule has 4 heteroatoms. The Labute approximate surface area is 115 Å². The largest absolute Gasteiger partial charge is 0.432 e. The number of carbonyl (C=O) groups excluding carboxylic acids is 2. The van der Waals surface area contributed by atoms with Crippen molar-refractivity contribution in [2.24, 2.45) is 0 Å². The first-order chi connectivity index (χ1) is 9.70. The van der Waals surface area contributed by atoms with Crippen LogP contribution in [0.15, 0.2) is 67.5 Å². The third-order valence-electron chi connectivity index (χ3n) is 2.52. The van der Waals surface area contributed by atoms with Crippen LogP contribution in [0.4, 0.5) is 0 Å². The van der Waals surface area contributed by atoms with Crippen molar-refractivity contribution in [1.29, 1.82) is 0 Å². The first kappa shape index (κ1) is 13.5. The Morgan fingerprint density at radius 1 is 0.950 bits per heavy atom. The molecule has 0 radical (unpaired) electrons. The van der Waals surface area contributed by atoms with Crippen molar-refractivity contribution in [3.05, 3.63) is 67.5 Å². The van der Waals surface area contributed by atoms with Crippen molar-refractivity contribution < 1.29 is 19.1 Å². The lowest BCUT2D eigenvalue weighted by molar-refractivity contribution is -0.133. The Balaban J connectivity index is 2.14. The molecule has 2 rings (SSSR count). The van der Waals surface area contributed by atoms with Crippen molar-refractivity contribution in [2.75, 3.05) is 0 Å². The lowest BCUT2D eigenvalue weighted by Crippen LogP contribution is -2.05. The average Bonchev–Trinajstić information content (AvgIpc) is 2.46. The number of hydrogen-bond acceptors (Lipinski definition) is 4. The van der Waals surface area contributed by atoms with Gasteiger partial charge in [0.1, 0.15) is 5.75 Å². The first-order valence-corrected chi connectivity index (χ1v) is 5.90. The summed E-state index contributed by atoms with van der Waals surface area (Å²) in [7, 11) is 0. The van der Waals surface area contributed by atoms with Gasteiger partial charge in [-0.1, -0.05) is 43.0 Å². The van der Waals surface area contributed by atoms with Crippen LogP contribution in [0.3, 0.4) is 0 Å². The van der Waals surface area contributed by atoms with E-state index < -0.39 is 11.9 Å². The zero-order chi connectivity index (χ0) is 14.4. The van der Waals surface area contributed by atoms with E-state index in [2.05, 4.69) is 11.3 Å². The number of hydrogen-bond donors (Lipinski definition) is 0. The number of fused-ring (bicyclic) bond motifs is 1. The summed E-state index contributed by atoms with van der Waals surface area (Å²) >= 11 is 0. The van der Waals surface area contributed by atoms with E-state index in [1.807, 2.05) is 30.3 Å². The van der Waals surface area contributed by atoms with Crippen LogP contribution in [-0.4, -0.2) is 11.9 Å². The van der Waals surface area contributed by atoms with Gasteiger partial charge in [-0.15, -0.1) is 0 Å². The van der Waals surface area contributed by atoms with Crippen LogP contribution in [0.25, 0.3) is 10.8 Å². The van der Waals surface area contributed by atoms with Gasteiger partial charge in [0.05, 0.1) is 6.26 Å². The van der Waals surface area contributed by atoms with E-state index in [1.165, 1.54) is 0 Å². The van der Waals surface area contributed by atoms with Gasteiger partial charge in [-0.3, -0.25) is 0 Å². The van der Waals surface area contributed by atoms with Crippen LogP contribution in [0, 0.1) is 0 Å². The van der Waals surface area contributed by atoms with E-state index in [0.29, 0.717) is 5.75 Å². The zero-order valence-electron chi connectivity index (χ0n) is 10.6. The van der Waals surface area contributed by atoms with Crippen molar-refractivity contribution in [3.63, 3.8) is 0 Å². The van der Waals surface area contributed by atoms with Gasteiger partial charge in [0.25, 0.3) is 0 Å². The van der Waals surface area contributed by atoms with Gasteiger partial charge in [-0.25, -0.2) is 9.59 Å². The number of esters is 2. The molecule has 0 fully saturated rings. The minimum Gasteiger partial charge on any atom is -0.432 e. The highest BCUT2D eigenvalue weighted by Gasteiger charge is 2.05. The van der Waals surface area contributed by atoms with Crippen LogP contribution in [0.5, 0.6) is 5.75 Å². The van der Waals surface area contributed by atoms with Crippen LogP contribution in [-0.2, 0) is 14.3 Å². The van der Waals surface area contributed by atoms with Gasteiger partial charge < -0.3 is 9.47 Å². The fraction of sp³-hybridized carbons (Fsp3) is 0. The number of ether oxygens (including phenoxy) is 2. The van der Waals surface area contributed by atoms with Gasteiger partial charge >= 0.3 is 11.9 Å². The van der Waals surface area contributed by atoms with Crippen molar-refractivity contribution >= 4 is 22.7 Å². The molecule has 0 amide bonds. The number of carbonyl (C=O) groups is 2. The minimum absolute atomic E-state index is 0.440. The highest BCUT2D eigenvalue weighted by Crippen LogP contribution is 2.25. The molecule has 0 aliphatic carbocycles. The van der Waals surface area contributed by atoms with Crippen LogP contribution >= 0.6 is 0 Å². The second-order valence-corrected chi connectivity index (χ2v) is 3.84. The Hall–Kier alpha value is -2.88. The predicted octanol–water partition coefficient (Wildman–Crippen LogP) is 2.99. The third-order valence-corrected chi connectivity index (χ3v) is 2.52. The highest BCUT2D eigenvalue weighted by molar-refractivity contribution is 5.95. The van der Waals surface area contributed by atoms with E-state index in [0.717, 1.165) is 29.2 Å². The maximum atomic E-state index is 11.6. The molecule has 0 N–H and O–H groups in total. The molecule has 20 heavy (non-hydrogen) atoms. The smallest absolute Gasteiger partial charge is 0.336 e. The van der Waals surface area contributed by atoms with Crippen LogP contribution < -0.4 is 4.74 Å². The molecule has 0 heterocycles. The minimum atomic E-state index is -0.685. The van der Waals surface area contributed by atoms with Gasteiger partial charge in [-0.2, -0.15) is 0 Å². The molecule has 2 aromatic carbocycles. The van der Waals surface area contributed by atoms with Gasteiger partial charge in [0, 0.05) is 17.5 Å². The molecule has 0 aliphatic rings. The molecular weight excluding hydrogens is 256 g/mol. The Morgan fingerprint density at radius 2 is 1.65 bits per heavy atom. The second-order valence-electron chi connectivity index (χ2n) is 3.84. The fourth-order valence-corrected chi connectivity index (χ4v) is 1.68. The summed E-state index contributed by atoms with van der Waals surface area (Å²) in [5, 5.41) is 1.79. The maximum absolute atomic E-state index is 11.6. The summed E-state index contributed by atoms with van der Waals surface area (Å²) in [5.74, 6) is -0.896. The summed E-state index contributed by atoms with van der Waals surface area (Å²) in [6.07, 6.45) is 2.98. The first-order valence-electron chi connectivity index (χ1n) is 5.90. The van der Waals surface area contributed by atoms with E-state index in [9.17, 15) is 9.59 Å². The molecule has 0 atom stereocenters. The van der Waals surface area contributed by atoms with Crippen molar-refractivity contribution in [1.82, 2.24) is 0 Å². The Bertz CT molecular complexity index is 680. The number of rotatable bonds is 4. The summed E-state index contributed by atoms with van der Waals surface area (Å²) in [6.45, 7) is 3.24. The highest BCUT2D eigenvalue weighted by atomic mass is 16.5. The van der Waals surface area contributed by atoms with Gasteiger partial charge in [-0.05, 0) is 11.5 Å². The molecule has 4 nitrogen and oxygen atoms in total. The Kier molecular flexibility index (Phi) is 4.29. The number of benzene rings is 2. The topological polar surface area (TPSA) is 52.6 Å². The normalized spacial score (nSPS) is 10.4.